The molecule has 0 fully saturated rings. The van der Waals surface area contributed by atoms with Gasteiger partial charge < -0.3 is 9.47 Å². The Kier molecular flexibility index (Phi) is 6.61. The standard InChI is InChI=1S/C16H15ClN2O5S2/c1-3-23-13-8-11(9-18)4-5-12(13)24-15(20)10-19(2)26(21,22)16-7-6-14(17)25-16/h4-8H,3,10H2,1-2H3. The van der Waals surface area contributed by atoms with Crippen molar-refractivity contribution in [3.63, 3.8) is 0 Å². The lowest BCUT2D eigenvalue weighted by Gasteiger charge is -2.16. The van der Waals surface area contributed by atoms with Crippen LogP contribution in [-0.4, -0.2) is 38.9 Å². The molecule has 0 aliphatic carbocycles. The van der Waals surface area contributed by atoms with Crippen LogP contribution in [0.1, 0.15) is 12.5 Å². The summed E-state index contributed by atoms with van der Waals surface area (Å²) in [4.78, 5) is 12.1. The number of esters is 1. The Balaban J connectivity index is 2.12. The lowest BCUT2D eigenvalue weighted by atomic mass is 10.2. The summed E-state index contributed by atoms with van der Waals surface area (Å²) >= 11 is 6.66. The van der Waals surface area contributed by atoms with Gasteiger partial charge in [-0.25, -0.2) is 8.42 Å². The zero-order valence-corrected chi connectivity index (χ0v) is 16.3. The molecule has 0 amide bonds. The van der Waals surface area contributed by atoms with E-state index in [0.29, 0.717) is 16.5 Å². The molecule has 1 heterocycles. The first-order chi connectivity index (χ1) is 12.3. The van der Waals surface area contributed by atoms with Gasteiger partial charge in [0.2, 0.25) is 0 Å². The number of sulfonamides is 1. The van der Waals surface area contributed by atoms with Crippen LogP contribution in [0.5, 0.6) is 11.5 Å². The summed E-state index contributed by atoms with van der Waals surface area (Å²) in [7, 11) is -2.57. The minimum absolute atomic E-state index is 0.0335. The SMILES string of the molecule is CCOc1cc(C#N)ccc1OC(=O)CN(C)S(=O)(=O)c1ccc(Cl)s1. The van der Waals surface area contributed by atoms with Gasteiger partial charge >= 0.3 is 5.97 Å². The Labute approximate surface area is 160 Å². The van der Waals surface area contributed by atoms with E-state index in [4.69, 9.17) is 26.3 Å². The summed E-state index contributed by atoms with van der Waals surface area (Å²) in [6, 6.07) is 9.14. The number of halogens is 1. The number of carbonyl (C=O) groups is 1. The molecule has 2 aromatic rings. The monoisotopic (exact) mass is 414 g/mol. The first kappa shape index (κ1) is 20.2. The molecule has 0 atom stereocenters. The van der Waals surface area contributed by atoms with Crippen molar-refractivity contribution in [1.82, 2.24) is 4.31 Å². The molecule has 138 valence electrons. The molecule has 10 heteroatoms. The quantitative estimate of drug-likeness (QED) is 0.510. The molecular weight excluding hydrogens is 400 g/mol. The van der Waals surface area contributed by atoms with Gasteiger partial charge in [-0.2, -0.15) is 9.57 Å². The summed E-state index contributed by atoms with van der Waals surface area (Å²) < 4.78 is 36.6. The van der Waals surface area contributed by atoms with Crippen LogP contribution in [-0.2, 0) is 14.8 Å². The van der Waals surface area contributed by atoms with Gasteiger partial charge in [0.25, 0.3) is 10.0 Å². The zero-order valence-electron chi connectivity index (χ0n) is 13.9. The van der Waals surface area contributed by atoms with E-state index in [1.54, 1.807) is 6.92 Å². The lowest BCUT2D eigenvalue weighted by Crippen LogP contribution is -2.33. The van der Waals surface area contributed by atoms with E-state index in [-0.39, 0.29) is 15.7 Å². The van der Waals surface area contributed by atoms with E-state index in [9.17, 15) is 13.2 Å². The molecule has 0 unspecified atom stereocenters. The van der Waals surface area contributed by atoms with Gasteiger partial charge in [-0.1, -0.05) is 11.6 Å². The number of ether oxygens (including phenoxy) is 2. The molecule has 0 N–H and O–H groups in total. The van der Waals surface area contributed by atoms with Crippen molar-refractivity contribution in [2.45, 2.75) is 11.1 Å². The maximum atomic E-state index is 12.4. The summed E-state index contributed by atoms with van der Waals surface area (Å²) in [5, 5.41) is 8.93. The highest BCUT2D eigenvalue weighted by atomic mass is 35.5. The van der Waals surface area contributed by atoms with E-state index in [0.717, 1.165) is 15.6 Å². The second-order valence-electron chi connectivity index (χ2n) is 5.00. The summed E-state index contributed by atoms with van der Waals surface area (Å²) in [6.07, 6.45) is 0. The molecule has 0 saturated heterocycles. The Morgan fingerprint density at radius 1 is 1.31 bits per heavy atom. The van der Waals surface area contributed by atoms with Gasteiger partial charge in [0.1, 0.15) is 10.8 Å². The maximum Gasteiger partial charge on any atom is 0.326 e. The minimum atomic E-state index is -3.84. The molecule has 1 aromatic carbocycles. The first-order valence-corrected chi connectivity index (χ1v) is 10.0. The topological polar surface area (TPSA) is 96.7 Å². The van der Waals surface area contributed by atoms with Gasteiger partial charge in [-0.05, 0) is 31.2 Å². The Morgan fingerprint density at radius 3 is 2.62 bits per heavy atom. The number of thiophene rings is 1. The van der Waals surface area contributed by atoms with Crippen molar-refractivity contribution >= 4 is 38.9 Å². The van der Waals surface area contributed by atoms with E-state index < -0.39 is 22.5 Å². The Bertz CT molecular complexity index is 950. The fraction of sp³-hybridized carbons (Fsp3) is 0.250. The van der Waals surface area contributed by atoms with Crippen molar-refractivity contribution in [2.24, 2.45) is 0 Å². The molecular formula is C16H15ClN2O5S2. The fourth-order valence-corrected chi connectivity index (χ4v) is 4.75. The smallest absolute Gasteiger partial charge is 0.326 e. The Hall–Kier alpha value is -2.12. The van der Waals surface area contributed by atoms with Crippen LogP contribution in [0.25, 0.3) is 0 Å². The van der Waals surface area contributed by atoms with E-state index >= 15 is 0 Å². The van der Waals surface area contributed by atoms with Gasteiger partial charge in [0.05, 0.1) is 22.6 Å². The van der Waals surface area contributed by atoms with Gasteiger partial charge in [-0.15, -0.1) is 11.3 Å². The van der Waals surface area contributed by atoms with E-state index in [1.165, 1.54) is 37.4 Å². The van der Waals surface area contributed by atoms with E-state index in [2.05, 4.69) is 0 Å². The number of hydrogen-bond acceptors (Lipinski definition) is 7. The van der Waals surface area contributed by atoms with Gasteiger partial charge in [0, 0.05) is 13.1 Å². The highest BCUT2D eigenvalue weighted by molar-refractivity contribution is 7.91. The average Bonchev–Trinajstić information content (AvgIpc) is 3.03. The molecule has 0 bridgehead atoms. The van der Waals surface area contributed by atoms with Crippen LogP contribution in [0.15, 0.2) is 34.5 Å². The fourth-order valence-electron chi connectivity index (χ4n) is 1.94. The molecule has 0 spiro atoms. The lowest BCUT2D eigenvalue weighted by molar-refractivity contribution is -0.134. The van der Waals surface area contributed by atoms with Gasteiger partial charge in [-0.3, -0.25) is 4.79 Å². The molecule has 7 nitrogen and oxygen atoms in total. The third kappa shape index (κ3) is 4.74. The second-order valence-corrected chi connectivity index (χ2v) is 8.99. The predicted molar refractivity (Wildman–Crippen MR) is 97.1 cm³/mol. The van der Waals surface area contributed by atoms with Crippen LogP contribution in [0, 0.1) is 11.3 Å². The zero-order chi connectivity index (χ0) is 19.3. The molecule has 0 aliphatic rings. The normalized spacial score (nSPS) is 11.2. The molecule has 0 radical (unpaired) electrons. The van der Waals surface area contributed by atoms with Crippen LogP contribution in [0.3, 0.4) is 0 Å². The molecule has 0 aliphatic heterocycles. The third-order valence-electron chi connectivity index (χ3n) is 3.16. The first-order valence-electron chi connectivity index (χ1n) is 7.37. The van der Waals surface area contributed by atoms with Crippen molar-refractivity contribution in [2.75, 3.05) is 20.2 Å². The summed E-state index contributed by atoms with van der Waals surface area (Å²) in [5.74, 6) is -0.444. The largest absolute Gasteiger partial charge is 0.490 e. The molecule has 26 heavy (non-hydrogen) atoms. The van der Waals surface area contributed by atoms with Crippen LogP contribution >= 0.6 is 22.9 Å². The Morgan fingerprint density at radius 2 is 2.04 bits per heavy atom. The number of hydrogen-bond donors (Lipinski definition) is 0. The maximum absolute atomic E-state index is 12.4. The number of nitrogens with zero attached hydrogens (tertiary/aromatic N) is 2. The summed E-state index contributed by atoms with van der Waals surface area (Å²) in [5.41, 5.74) is 0.350. The van der Waals surface area contributed by atoms with E-state index in [1.807, 2.05) is 6.07 Å². The number of likely N-dealkylation sites (N-methyl/N-ethyl adjacent to an activating group) is 1. The molecule has 1 aromatic heterocycles. The highest BCUT2D eigenvalue weighted by Crippen LogP contribution is 2.29. The van der Waals surface area contributed by atoms with Crippen molar-refractivity contribution in [3.05, 3.63) is 40.2 Å². The molecule has 2 rings (SSSR count). The minimum Gasteiger partial charge on any atom is -0.490 e. The van der Waals surface area contributed by atoms with Crippen LogP contribution in [0.4, 0.5) is 0 Å². The van der Waals surface area contributed by atoms with Crippen molar-refractivity contribution in [3.8, 4) is 17.6 Å². The van der Waals surface area contributed by atoms with Gasteiger partial charge in [0.15, 0.2) is 11.5 Å². The molecule has 0 saturated carbocycles. The van der Waals surface area contributed by atoms with Crippen molar-refractivity contribution in [1.29, 1.82) is 5.26 Å². The van der Waals surface area contributed by atoms with Crippen LogP contribution in [0.2, 0.25) is 4.34 Å². The second kappa shape index (κ2) is 8.51. The number of nitriles is 1. The van der Waals surface area contributed by atoms with Crippen molar-refractivity contribution < 1.29 is 22.7 Å². The number of carbonyl (C=O) groups excluding carboxylic acids is 1. The third-order valence-corrected chi connectivity index (χ3v) is 6.66. The number of benzene rings is 1. The number of rotatable bonds is 7. The average molecular weight is 415 g/mol. The highest BCUT2D eigenvalue weighted by Gasteiger charge is 2.26. The predicted octanol–water partition coefficient (Wildman–Crippen LogP) is 2.90. The summed E-state index contributed by atoms with van der Waals surface area (Å²) in [6.45, 7) is 1.56. The van der Waals surface area contributed by atoms with Crippen LogP contribution < -0.4 is 9.47 Å².